The number of benzene rings is 1. The zero-order valence-electron chi connectivity index (χ0n) is 13.6. The fourth-order valence-corrected chi connectivity index (χ4v) is 2.93. The van der Waals surface area contributed by atoms with Gasteiger partial charge in [0, 0.05) is 35.6 Å². The Bertz CT molecular complexity index is 817. The van der Waals surface area contributed by atoms with Crippen LogP contribution >= 0.6 is 11.6 Å². The van der Waals surface area contributed by atoms with Gasteiger partial charge in [0.25, 0.3) is 5.91 Å². The lowest BCUT2D eigenvalue weighted by Gasteiger charge is -2.21. The van der Waals surface area contributed by atoms with Crippen molar-refractivity contribution < 1.29 is 14.7 Å². The summed E-state index contributed by atoms with van der Waals surface area (Å²) in [4.78, 5) is 30.0. The van der Waals surface area contributed by atoms with Crippen molar-refractivity contribution in [2.75, 3.05) is 13.6 Å². The van der Waals surface area contributed by atoms with Gasteiger partial charge in [-0.3, -0.25) is 14.6 Å². The summed E-state index contributed by atoms with van der Waals surface area (Å²) < 4.78 is 0. The van der Waals surface area contributed by atoms with Crippen molar-refractivity contribution in [3.63, 3.8) is 0 Å². The van der Waals surface area contributed by atoms with E-state index >= 15 is 0 Å². The predicted molar refractivity (Wildman–Crippen MR) is 92.5 cm³/mol. The van der Waals surface area contributed by atoms with Gasteiger partial charge in [-0.25, -0.2) is 0 Å². The minimum Gasteiger partial charge on any atom is -0.481 e. The molecule has 3 rings (SSSR count). The Hall–Kier alpha value is -2.14. The largest absolute Gasteiger partial charge is 0.481 e. The van der Waals surface area contributed by atoms with Gasteiger partial charge in [-0.2, -0.15) is 0 Å². The molecule has 0 bridgehead atoms. The van der Waals surface area contributed by atoms with Gasteiger partial charge in [0.05, 0.1) is 17.0 Å². The van der Waals surface area contributed by atoms with Gasteiger partial charge < -0.3 is 10.0 Å². The summed E-state index contributed by atoms with van der Waals surface area (Å²) in [6, 6.07) is 7.15. The summed E-state index contributed by atoms with van der Waals surface area (Å²) in [5, 5.41) is 10.3. The zero-order valence-corrected chi connectivity index (χ0v) is 14.4. The maximum absolute atomic E-state index is 12.9. The third kappa shape index (κ3) is 3.36. The summed E-state index contributed by atoms with van der Waals surface area (Å²) >= 11 is 6.09. The highest BCUT2D eigenvalue weighted by Gasteiger charge is 2.28. The summed E-state index contributed by atoms with van der Waals surface area (Å²) in [6.45, 7) is 1.74. The second kappa shape index (κ2) is 6.40. The number of carbonyl (C=O) groups excluding carboxylic acids is 1. The normalized spacial score (nSPS) is 15.3. The molecule has 1 aromatic heterocycles. The van der Waals surface area contributed by atoms with E-state index in [1.165, 1.54) is 4.90 Å². The molecule has 1 unspecified atom stereocenters. The first-order valence-electron chi connectivity index (χ1n) is 7.95. The van der Waals surface area contributed by atoms with Gasteiger partial charge in [0.2, 0.25) is 0 Å². The monoisotopic (exact) mass is 346 g/mol. The Morgan fingerprint density at radius 2 is 2.08 bits per heavy atom. The molecule has 6 heteroatoms. The van der Waals surface area contributed by atoms with Crippen LogP contribution in [-0.2, 0) is 4.79 Å². The van der Waals surface area contributed by atoms with E-state index in [1.54, 1.807) is 26.1 Å². The molecule has 1 heterocycles. The molecule has 1 aromatic carbocycles. The lowest BCUT2D eigenvalue weighted by Crippen LogP contribution is -2.33. The van der Waals surface area contributed by atoms with E-state index in [2.05, 4.69) is 4.98 Å². The maximum atomic E-state index is 12.9. The van der Waals surface area contributed by atoms with E-state index in [9.17, 15) is 9.59 Å². The van der Waals surface area contributed by atoms with Crippen LogP contribution in [0.15, 0.2) is 24.3 Å². The van der Waals surface area contributed by atoms with Gasteiger partial charge in [0.1, 0.15) is 0 Å². The fourth-order valence-electron chi connectivity index (χ4n) is 2.76. The molecule has 1 saturated carbocycles. The number of aromatic nitrogens is 1. The number of hydrogen-bond donors (Lipinski definition) is 1. The number of rotatable bonds is 5. The summed E-state index contributed by atoms with van der Waals surface area (Å²) in [7, 11) is 1.62. The lowest BCUT2D eigenvalue weighted by molar-refractivity contribution is -0.141. The smallest absolute Gasteiger partial charge is 0.308 e. The first-order chi connectivity index (χ1) is 11.4. The SMILES string of the molecule is CC(CN(C)C(=O)c1cc(C2CC2)nc2ccc(Cl)cc12)C(=O)O. The molecule has 2 aromatic rings. The van der Waals surface area contributed by atoms with E-state index in [1.807, 2.05) is 12.1 Å². The highest BCUT2D eigenvalue weighted by Crippen LogP contribution is 2.40. The van der Waals surface area contributed by atoms with Crippen LogP contribution in [0.25, 0.3) is 10.9 Å². The number of pyridine rings is 1. The average molecular weight is 347 g/mol. The van der Waals surface area contributed by atoms with E-state index in [4.69, 9.17) is 16.7 Å². The topological polar surface area (TPSA) is 70.5 Å². The molecule has 0 spiro atoms. The number of hydrogen-bond acceptors (Lipinski definition) is 3. The van der Waals surface area contributed by atoms with Gasteiger partial charge in [-0.1, -0.05) is 18.5 Å². The molecule has 0 saturated heterocycles. The van der Waals surface area contributed by atoms with Crippen LogP contribution in [0.3, 0.4) is 0 Å². The molecule has 1 atom stereocenters. The van der Waals surface area contributed by atoms with Crippen molar-refractivity contribution in [3.05, 3.63) is 40.5 Å². The molecule has 5 nitrogen and oxygen atoms in total. The Kier molecular flexibility index (Phi) is 4.45. The second-order valence-electron chi connectivity index (χ2n) is 6.46. The van der Waals surface area contributed by atoms with Crippen LogP contribution in [0.1, 0.15) is 41.7 Å². The molecule has 24 heavy (non-hydrogen) atoms. The minimum atomic E-state index is -0.920. The Morgan fingerprint density at radius 1 is 1.38 bits per heavy atom. The first kappa shape index (κ1) is 16.7. The zero-order chi connectivity index (χ0) is 17.4. The van der Waals surface area contributed by atoms with Gasteiger partial charge in [0.15, 0.2) is 0 Å². The molecular weight excluding hydrogens is 328 g/mol. The Labute approximate surface area is 145 Å². The number of halogens is 1. The van der Waals surface area contributed by atoms with Crippen molar-refractivity contribution in [3.8, 4) is 0 Å². The minimum absolute atomic E-state index is 0.150. The van der Waals surface area contributed by atoms with Crippen LogP contribution in [0, 0.1) is 5.92 Å². The van der Waals surface area contributed by atoms with Crippen LogP contribution in [0.4, 0.5) is 0 Å². The number of carbonyl (C=O) groups is 2. The van der Waals surface area contributed by atoms with Gasteiger partial charge >= 0.3 is 5.97 Å². The van der Waals surface area contributed by atoms with Crippen molar-refractivity contribution >= 4 is 34.4 Å². The number of aliphatic carboxylic acids is 1. The standard InChI is InChI=1S/C18H19ClN2O3/c1-10(18(23)24)9-21(2)17(22)14-8-16(11-3-4-11)20-15-6-5-12(19)7-13(14)15/h5-8,10-11H,3-4,9H2,1-2H3,(H,23,24). The molecule has 1 amide bonds. The molecule has 1 fully saturated rings. The number of carboxylic acids is 1. The van der Waals surface area contributed by atoms with Crippen molar-refractivity contribution in [2.45, 2.75) is 25.7 Å². The van der Waals surface area contributed by atoms with E-state index in [0.29, 0.717) is 21.9 Å². The lowest BCUT2D eigenvalue weighted by atomic mass is 10.0. The number of amides is 1. The third-order valence-electron chi connectivity index (χ3n) is 4.33. The molecule has 0 aliphatic heterocycles. The van der Waals surface area contributed by atoms with Crippen LogP contribution < -0.4 is 0 Å². The Morgan fingerprint density at radius 3 is 2.71 bits per heavy atom. The molecule has 126 valence electrons. The van der Waals surface area contributed by atoms with Crippen molar-refractivity contribution in [1.82, 2.24) is 9.88 Å². The van der Waals surface area contributed by atoms with Crippen LogP contribution in [0.5, 0.6) is 0 Å². The summed E-state index contributed by atoms with van der Waals surface area (Å²) in [6.07, 6.45) is 2.18. The average Bonchev–Trinajstić information content (AvgIpc) is 3.37. The third-order valence-corrected chi connectivity index (χ3v) is 4.57. The van der Waals surface area contributed by atoms with E-state index in [0.717, 1.165) is 24.1 Å². The Balaban J connectivity index is 2.01. The van der Waals surface area contributed by atoms with Gasteiger partial charge in [-0.15, -0.1) is 0 Å². The predicted octanol–water partition coefficient (Wildman–Crippen LogP) is 3.56. The van der Waals surface area contributed by atoms with Crippen molar-refractivity contribution in [1.29, 1.82) is 0 Å². The molecule has 1 aliphatic carbocycles. The highest BCUT2D eigenvalue weighted by atomic mass is 35.5. The van der Waals surface area contributed by atoms with E-state index in [-0.39, 0.29) is 12.5 Å². The summed E-state index contributed by atoms with van der Waals surface area (Å²) in [5.74, 6) is -1.34. The molecule has 1 aliphatic rings. The van der Waals surface area contributed by atoms with E-state index < -0.39 is 11.9 Å². The van der Waals surface area contributed by atoms with Gasteiger partial charge in [-0.05, 0) is 37.1 Å². The molecule has 0 radical (unpaired) electrons. The summed E-state index contributed by atoms with van der Waals surface area (Å²) in [5.41, 5.74) is 2.20. The van der Waals surface area contributed by atoms with Crippen LogP contribution in [-0.4, -0.2) is 40.5 Å². The quantitative estimate of drug-likeness (QED) is 0.898. The molecule has 1 N–H and O–H groups in total. The maximum Gasteiger partial charge on any atom is 0.308 e. The fraction of sp³-hybridized carbons (Fsp3) is 0.389. The number of carboxylic acid groups (broad SMARTS) is 1. The number of fused-ring (bicyclic) bond motifs is 1. The van der Waals surface area contributed by atoms with Crippen molar-refractivity contribution in [2.24, 2.45) is 5.92 Å². The first-order valence-corrected chi connectivity index (χ1v) is 8.33. The van der Waals surface area contributed by atoms with Crippen LogP contribution in [0.2, 0.25) is 5.02 Å². The molecular formula is C18H19ClN2O3. The number of nitrogens with zero attached hydrogens (tertiary/aromatic N) is 2. The second-order valence-corrected chi connectivity index (χ2v) is 6.89. The highest BCUT2D eigenvalue weighted by molar-refractivity contribution is 6.31.